The second-order valence-corrected chi connectivity index (χ2v) is 8.97. The number of nitrogens with zero attached hydrogens (tertiary/aromatic N) is 3. The quantitative estimate of drug-likeness (QED) is 0.439. The van der Waals surface area contributed by atoms with Crippen LogP contribution in [0.15, 0.2) is 57.8 Å². The van der Waals surface area contributed by atoms with Gasteiger partial charge in [-0.15, -0.1) is 0 Å². The second-order valence-electron chi connectivity index (χ2n) is 8.02. The van der Waals surface area contributed by atoms with E-state index in [1.54, 1.807) is 12.1 Å². The van der Waals surface area contributed by atoms with Gasteiger partial charge in [0.25, 0.3) is 5.91 Å². The number of furan rings is 1. The van der Waals surface area contributed by atoms with E-state index in [0.717, 1.165) is 25.8 Å². The maximum absolute atomic E-state index is 13.2. The van der Waals surface area contributed by atoms with Crippen LogP contribution in [0.4, 0.5) is 14.5 Å². The third-order valence-electron chi connectivity index (χ3n) is 5.32. The molecule has 10 heteroatoms. The van der Waals surface area contributed by atoms with Gasteiger partial charge in [0.2, 0.25) is 5.91 Å². The number of hydrogen-bond acceptors (Lipinski definition) is 6. The van der Waals surface area contributed by atoms with Gasteiger partial charge in [0.15, 0.2) is 5.17 Å². The number of hydrogen-bond donors (Lipinski definition) is 0. The lowest BCUT2D eigenvalue weighted by molar-refractivity contribution is -0.128. The van der Waals surface area contributed by atoms with Gasteiger partial charge in [-0.05, 0) is 61.6 Å². The van der Waals surface area contributed by atoms with Crippen LogP contribution in [-0.4, -0.2) is 47.3 Å². The summed E-state index contributed by atoms with van der Waals surface area (Å²) in [6, 6.07) is 9.11. The van der Waals surface area contributed by atoms with Crippen LogP contribution < -0.4 is 9.64 Å². The summed E-state index contributed by atoms with van der Waals surface area (Å²) < 4.78 is 34.7. The predicted octanol–water partition coefficient (Wildman–Crippen LogP) is 5.01. The van der Waals surface area contributed by atoms with Crippen LogP contribution in [0, 0.1) is 5.92 Å². The lowest BCUT2D eigenvalue weighted by Gasteiger charge is -2.23. The summed E-state index contributed by atoms with van der Waals surface area (Å²) in [5.41, 5.74) is 0.581. The Morgan fingerprint density at radius 2 is 2.09 bits per heavy atom. The molecule has 0 atom stereocenters. The zero-order valence-corrected chi connectivity index (χ0v) is 19.5. The number of carbonyl (C=O) groups excluding carboxylic acids is 2. The molecular weight excluding hydrogens is 464 g/mol. The number of rotatable bonds is 10. The SMILES string of the molecule is CCCN(CC1CC1)C(=O)CSC1=NC(=Cc2ccco2)C(=O)N1c1ccc(OC(F)F)cc1. The number of benzene rings is 1. The molecule has 2 aliphatic rings. The van der Waals surface area contributed by atoms with Crippen LogP contribution in [0.1, 0.15) is 31.9 Å². The normalized spacial score (nSPS) is 16.9. The lowest BCUT2D eigenvalue weighted by atomic mass is 10.2. The number of carbonyl (C=O) groups is 2. The molecule has 1 fully saturated rings. The van der Waals surface area contributed by atoms with Crippen molar-refractivity contribution in [2.75, 3.05) is 23.7 Å². The van der Waals surface area contributed by atoms with Crippen LogP contribution in [0.2, 0.25) is 0 Å². The molecule has 7 nitrogen and oxygen atoms in total. The zero-order chi connectivity index (χ0) is 24.1. The molecule has 1 aliphatic heterocycles. The van der Waals surface area contributed by atoms with E-state index >= 15 is 0 Å². The van der Waals surface area contributed by atoms with Gasteiger partial charge in [-0.2, -0.15) is 8.78 Å². The third kappa shape index (κ3) is 6.05. The maximum atomic E-state index is 13.2. The van der Waals surface area contributed by atoms with Gasteiger partial charge in [-0.1, -0.05) is 18.7 Å². The van der Waals surface area contributed by atoms with E-state index in [1.165, 1.54) is 53.3 Å². The summed E-state index contributed by atoms with van der Waals surface area (Å²) in [4.78, 5) is 33.8. The van der Waals surface area contributed by atoms with E-state index < -0.39 is 12.5 Å². The molecule has 1 saturated carbocycles. The molecule has 0 N–H and O–H groups in total. The molecule has 2 amide bonds. The first kappa shape index (κ1) is 24.0. The monoisotopic (exact) mass is 489 g/mol. The highest BCUT2D eigenvalue weighted by atomic mass is 32.2. The van der Waals surface area contributed by atoms with E-state index in [-0.39, 0.29) is 23.1 Å². The molecule has 1 aromatic carbocycles. The molecule has 0 saturated heterocycles. The van der Waals surface area contributed by atoms with Gasteiger partial charge in [-0.3, -0.25) is 14.5 Å². The molecule has 1 aromatic heterocycles. The molecule has 1 aliphatic carbocycles. The largest absolute Gasteiger partial charge is 0.465 e. The van der Waals surface area contributed by atoms with Crippen LogP contribution in [0.3, 0.4) is 0 Å². The minimum atomic E-state index is -2.94. The molecule has 0 radical (unpaired) electrons. The van der Waals surface area contributed by atoms with Gasteiger partial charge in [-0.25, -0.2) is 4.99 Å². The average Bonchev–Trinajstić information content (AvgIpc) is 3.38. The Hall–Kier alpha value is -3.14. The fraction of sp³-hybridized carbons (Fsp3) is 0.375. The molecule has 2 heterocycles. The maximum Gasteiger partial charge on any atom is 0.387 e. The van der Waals surface area contributed by atoms with Crippen molar-refractivity contribution in [1.82, 2.24) is 4.90 Å². The van der Waals surface area contributed by atoms with Crippen molar-refractivity contribution in [2.45, 2.75) is 32.8 Å². The Kier molecular flexibility index (Phi) is 7.66. The second kappa shape index (κ2) is 10.9. The first-order valence-electron chi connectivity index (χ1n) is 11.1. The summed E-state index contributed by atoms with van der Waals surface area (Å²) in [6.45, 7) is 0.551. The van der Waals surface area contributed by atoms with Crippen LogP contribution in [-0.2, 0) is 9.59 Å². The fourth-order valence-electron chi connectivity index (χ4n) is 3.52. The average molecular weight is 490 g/mol. The van der Waals surface area contributed by atoms with Gasteiger partial charge < -0.3 is 14.1 Å². The van der Waals surface area contributed by atoms with Crippen LogP contribution in [0.25, 0.3) is 6.08 Å². The van der Waals surface area contributed by atoms with E-state index in [4.69, 9.17) is 4.42 Å². The number of thioether (sulfide) groups is 1. The number of aliphatic imine (C=N–C) groups is 1. The van der Waals surface area contributed by atoms with Gasteiger partial charge >= 0.3 is 6.61 Å². The van der Waals surface area contributed by atoms with Crippen LogP contribution in [0.5, 0.6) is 5.75 Å². The standard InChI is InChI=1S/C24H25F2N3O4S/c1-2-11-28(14-16-5-6-16)21(30)15-34-24-27-20(13-19-4-3-12-32-19)22(31)29(24)17-7-9-18(10-8-17)33-23(25)26/h3-4,7-10,12-13,16,23H,2,5-6,11,14-15H2,1H3. The molecule has 34 heavy (non-hydrogen) atoms. The van der Waals surface area contributed by atoms with Crippen molar-refractivity contribution in [3.05, 3.63) is 54.1 Å². The van der Waals surface area contributed by atoms with Gasteiger partial charge in [0, 0.05) is 19.2 Å². The summed E-state index contributed by atoms with van der Waals surface area (Å²) in [5.74, 6) is 0.757. The van der Waals surface area contributed by atoms with Crippen molar-refractivity contribution in [3.8, 4) is 5.75 Å². The fourth-order valence-corrected chi connectivity index (χ4v) is 4.44. The highest BCUT2D eigenvalue weighted by Crippen LogP contribution is 2.32. The number of halogens is 2. The Morgan fingerprint density at radius 3 is 2.71 bits per heavy atom. The summed E-state index contributed by atoms with van der Waals surface area (Å²) in [7, 11) is 0. The number of ether oxygens (including phenoxy) is 1. The van der Waals surface area contributed by atoms with Crippen molar-refractivity contribution >= 4 is 40.5 Å². The number of amides is 2. The lowest BCUT2D eigenvalue weighted by Crippen LogP contribution is -2.36. The molecule has 4 rings (SSSR count). The molecule has 0 unspecified atom stereocenters. The zero-order valence-electron chi connectivity index (χ0n) is 18.7. The highest BCUT2D eigenvalue weighted by molar-refractivity contribution is 8.14. The predicted molar refractivity (Wildman–Crippen MR) is 127 cm³/mol. The first-order chi connectivity index (χ1) is 16.4. The Morgan fingerprint density at radius 1 is 1.32 bits per heavy atom. The molecule has 2 aromatic rings. The minimum Gasteiger partial charge on any atom is -0.465 e. The van der Waals surface area contributed by atoms with E-state index in [1.807, 2.05) is 11.8 Å². The van der Waals surface area contributed by atoms with E-state index in [9.17, 15) is 18.4 Å². The van der Waals surface area contributed by atoms with Crippen molar-refractivity contribution in [3.63, 3.8) is 0 Å². The highest BCUT2D eigenvalue weighted by Gasteiger charge is 2.33. The van der Waals surface area contributed by atoms with E-state index in [0.29, 0.717) is 29.1 Å². The minimum absolute atomic E-state index is 0.00186. The molecule has 0 spiro atoms. The van der Waals surface area contributed by atoms with Crippen molar-refractivity contribution in [2.24, 2.45) is 10.9 Å². The number of anilines is 1. The summed E-state index contributed by atoms with van der Waals surface area (Å²) in [6.07, 6.45) is 6.20. The smallest absolute Gasteiger partial charge is 0.387 e. The molecule has 0 bridgehead atoms. The van der Waals surface area contributed by atoms with Crippen LogP contribution >= 0.6 is 11.8 Å². The number of amidine groups is 1. The Bertz CT molecular complexity index is 1070. The van der Waals surface area contributed by atoms with Crippen molar-refractivity contribution < 1.29 is 27.5 Å². The van der Waals surface area contributed by atoms with Crippen molar-refractivity contribution in [1.29, 1.82) is 0 Å². The summed E-state index contributed by atoms with van der Waals surface area (Å²) in [5, 5.41) is 0.335. The molecule has 180 valence electrons. The van der Waals surface area contributed by atoms with Gasteiger partial charge in [0.1, 0.15) is 17.2 Å². The van der Waals surface area contributed by atoms with Gasteiger partial charge in [0.05, 0.1) is 17.7 Å². The number of alkyl halides is 2. The topological polar surface area (TPSA) is 75.4 Å². The first-order valence-corrected chi connectivity index (χ1v) is 12.1. The summed E-state index contributed by atoms with van der Waals surface area (Å²) >= 11 is 1.17. The third-order valence-corrected chi connectivity index (χ3v) is 6.24. The Balaban J connectivity index is 1.54. The Labute approximate surface area is 200 Å². The molecular formula is C24H25F2N3O4S. The van der Waals surface area contributed by atoms with E-state index in [2.05, 4.69) is 9.73 Å².